The fourth-order valence-electron chi connectivity index (χ4n) is 6.28. The molecule has 6 heteroatoms. The predicted molar refractivity (Wildman–Crippen MR) is 179 cm³/mol. The molecule has 0 N–H and O–H groups in total. The summed E-state index contributed by atoms with van der Waals surface area (Å²) in [7, 11) is 0. The lowest BCUT2D eigenvalue weighted by molar-refractivity contribution is 0.669. The zero-order chi connectivity index (χ0) is 28.5. The summed E-state index contributed by atoms with van der Waals surface area (Å²) in [5, 5.41) is 6.84. The number of aromatic nitrogens is 3. The van der Waals surface area contributed by atoms with E-state index < -0.39 is 0 Å². The van der Waals surface area contributed by atoms with Gasteiger partial charge in [0, 0.05) is 42.1 Å². The number of benzene rings is 6. The van der Waals surface area contributed by atoms with Crippen LogP contribution in [0.15, 0.2) is 126 Å². The van der Waals surface area contributed by atoms with Crippen LogP contribution in [-0.4, -0.2) is 15.0 Å². The molecule has 0 saturated carbocycles. The number of halogens is 1. The Hall–Kier alpha value is -5.10. The van der Waals surface area contributed by atoms with Crippen molar-refractivity contribution in [2.24, 2.45) is 0 Å². The first kappa shape index (κ1) is 24.5. The molecule has 3 heterocycles. The zero-order valence-corrected chi connectivity index (χ0v) is 24.2. The summed E-state index contributed by atoms with van der Waals surface area (Å²) in [5.74, 6) is 1.10. The summed E-state index contributed by atoms with van der Waals surface area (Å²) >= 11 is 8.38. The molecule has 43 heavy (non-hydrogen) atoms. The number of hydrogen-bond acceptors (Lipinski definition) is 5. The predicted octanol–water partition coefficient (Wildman–Crippen LogP) is 10.9. The molecule has 0 aliphatic rings. The zero-order valence-electron chi connectivity index (χ0n) is 22.6. The van der Waals surface area contributed by atoms with Crippen LogP contribution in [0.1, 0.15) is 0 Å². The molecule has 0 amide bonds. The maximum atomic E-state index is 6.61. The quantitative estimate of drug-likeness (QED) is 0.206. The number of nitrogens with zero attached hydrogens (tertiary/aromatic N) is 3. The fraction of sp³-hybridized carbons (Fsp3) is 0. The molecule has 0 aliphatic carbocycles. The summed E-state index contributed by atoms with van der Waals surface area (Å²) in [5.41, 5.74) is 5.83. The van der Waals surface area contributed by atoms with Crippen LogP contribution in [0.5, 0.6) is 0 Å². The Balaban J connectivity index is 1.26. The number of rotatable bonds is 3. The van der Waals surface area contributed by atoms with Crippen molar-refractivity contribution < 1.29 is 4.42 Å². The van der Waals surface area contributed by atoms with Crippen LogP contribution >= 0.6 is 22.9 Å². The van der Waals surface area contributed by atoms with Gasteiger partial charge in [0.15, 0.2) is 11.6 Å². The van der Waals surface area contributed by atoms with Crippen molar-refractivity contribution in [2.75, 3.05) is 0 Å². The SMILES string of the molecule is Clc1nc(-c2ccc(-c3cccc4oc5ccccc5c34)c3ccccc23)nc(-c2cccc3sc4ccccc4c23)n1. The third-order valence-electron chi connectivity index (χ3n) is 8.11. The van der Waals surface area contributed by atoms with Crippen molar-refractivity contribution in [1.82, 2.24) is 15.0 Å². The molecule has 0 radical (unpaired) electrons. The summed E-state index contributed by atoms with van der Waals surface area (Å²) in [4.78, 5) is 14.3. The molecule has 0 spiro atoms. The number of furan rings is 1. The van der Waals surface area contributed by atoms with Gasteiger partial charge in [-0.25, -0.2) is 4.98 Å². The Morgan fingerprint density at radius 1 is 0.442 bits per heavy atom. The van der Waals surface area contributed by atoms with Crippen molar-refractivity contribution in [3.8, 4) is 33.9 Å². The number of thiophene rings is 1. The highest BCUT2D eigenvalue weighted by molar-refractivity contribution is 7.25. The van der Waals surface area contributed by atoms with E-state index in [0.29, 0.717) is 11.6 Å². The molecular weight excluding hydrogens is 570 g/mol. The standard InChI is InChI=1S/C37H20ClN3OS/c38-37-40-35(39-36(41-37)28-14-8-18-32-34(28)27-12-4-6-17-31(27)43-32)25-20-19-23(21-9-1-2-10-22(21)25)24-13-7-16-30-33(24)26-11-3-5-15-29(26)42-30/h1-20H. The van der Waals surface area contributed by atoms with Gasteiger partial charge >= 0.3 is 0 Å². The molecule has 0 aliphatic heterocycles. The first-order valence-corrected chi connectivity index (χ1v) is 15.2. The van der Waals surface area contributed by atoms with Gasteiger partial charge in [-0.2, -0.15) is 9.97 Å². The fourth-order valence-corrected chi connectivity index (χ4v) is 7.57. The average molecular weight is 590 g/mol. The second kappa shape index (κ2) is 9.46. The van der Waals surface area contributed by atoms with E-state index in [1.165, 1.54) is 14.8 Å². The molecular formula is C37H20ClN3OS. The van der Waals surface area contributed by atoms with E-state index in [2.05, 4.69) is 107 Å². The van der Waals surface area contributed by atoms with Gasteiger partial charge in [-0.3, -0.25) is 0 Å². The van der Waals surface area contributed by atoms with Crippen LogP contribution in [0, 0.1) is 0 Å². The van der Waals surface area contributed by atoms with Gasteiger partial charge < -0.3 is 4.42 Å². The number of para-hydroxylation sites is 1. The van der Waals surface area contributed by atoms with Crippen molar-refractivity contribution in [1.29, 1.82) is 0 Å². The highest BCUT2D eigenvalue weighted by atomic mass is 35.5. The van der Waals surface area contributed by atoms with Crippen LogP contribution in [0.2, 0.25) is 5.28 Å². The Morgan fingerprint density at radius 3 is 1.91 bits per heavy atom. The van der Waals surface area contributed by atoms with Crippen molar-refractivity contribution in [2.45, 2.75) is 0 Å². The van der Waals surface area contributed by atoms with Gasteiger partial charge in [0.1, 0.15) is 11.2 Å². The molecule has 9 rings (SSSR count). The van der Waals surface area contributed by atoms with E-state index in [-0.39, 0.29) is 5.28 Å². The van der Waals surface area contributed by atoms with Crippen molar-refractivity contribution >= 4 is 75.8 Å². The highest BCUT2D eigenvalue weighted by Gasteiger charge is 2.19. The average Bonchev–Trinajstić information content (AvgIpc) is 3.62. The van der Waals surface area contributed by atoms with Gasteiger partial charge in [0.25, 0.3) is 0 Å². The maximum Gasteiger partial charge on any atom is 0.226 e. The topological polar surface area (TPSA) is 51.8 Å². The van der Waals surface area contributed by atoms with E-state index in [0.717, 1.165) is 60.4 Å². The summed E-state index contributed by atoms with van der Waals surface area (Å²) in [6.07, 6.45) is 0. The minimum absolute atomic E-state index is 0.166. The summed E-state index contributed by atoms with van der Waals surface area (Å²) < 4.78 is 8.62. The molecule has 0 saturated heterocycles. The number of fused-ring (bicyclic) bond motifs is 7. The smallest absolute Gasteiger partial charge is 0.226 e. The Morgan fingerprint density at radius 2 is 1.05 bits per heavy atom. The van der Waals surface area contributed by atoms with Crippen LogP contribution < -0.4 is 0 Å². The molecule has 0 bridgehead atoms. The van der Waals surface area contributed by atoms with E-state index in [1.54, 1.807) is 11.3 Å². The monoisotopic (exact) mass is 589 g/mol. The first-order chi connectivity index (χ1) is 21.2. The van der Waals surface area contributed by atoms with Crippen molar-refractivity contribution in [3.05, 3.63) is 127 Å². The van der Waals surface area contributed by atoms with Crippen LogP contribution in [0.25, 0.3) is 86.8 Å². The molecule has 6 aromatic carbocycles. The minimum atomic E-state index is 0.166. The van der Waals surface area contributed by atoms with E-state index >= 15 is 0 Å². The van der Waals surface area contributed by atoms with Crippen molar-refractivity contribution in [3.63, 3.8) is 0 Å². The summed E-state index contributed by atoms with van der Waals surface area (Å²) in [6.45, 7) is 0. The summed E-state index contributed by atoms with van der Waals surface area (Å²) in [6, 6.07) is 41.7. The van der Waals surface area contributed by atoms with Gasteiger partial charge in [-0.15, -0.1) is 11.3 Å². The van der Waals surface area contributed by atoms with Gasteiger partial charge in [0.05, 0.1) is 0 Å². The molecule has 3 aromatic heterocycles. The van der Waals surface area contributed by atoms with E-state index in [1.807, 2.05) is 24.3 Å². The Labute approximate surface area is 254 Å². The molecule has 0 unspecified atom stereocenters. The molecule has 4 nitrogen and oxygen atoms in total. The first-order valence-electron chi connectivity index (χ1n) is 14.0. The van der Waals surface area contributed by atoms with Crippen LogP contribution in [-0.2, 0) is 0 Å². The molecule has 0 atom stereocenters. The van der Waals surface area contributed by atoms with Crippen LogP contribution in [0.3, 0.4) is 0 Å². The second-order valence-electron chi connectivity index (χ2n) is 10.5. The maximum absolute atomic E-state index is 6.61. The Kier molecular flexibility index (Phi) is 5.39. The highest BCUT2D eigenvalue weighted by Crippen LogP contribution is 2.42. The molecule has 0 fully saturated rings. The van der Waals surface area contributed by atoms with E-state index in [9.17, 15) is 0 Å². The Bertz CT molecular complexity index is 2550. The minimum Gasteiger partial charge on any atom is -0.456 e. The largest absolute Gasteiger partial charge is 0.456 e. The lowest BCUT2D eigenvalue weighted by Gasteiger charge is -2.13. The third-order valence-corrected chi connectivity index (χ3v) is 9.41. The van der Waals surface area contributed by atoms with Gasteiger partial charge in [-0.1, -0.05) is 91.0 Å². The third kappa shape index (κ3) is 3.79. The van der Waals surface area contributed by atoms with Gasteiger partial charge in [0.2, 0.25) is 5.28 Å². The molecule has 9 aromatic rings. The lowest BCUT2D eigenvalue weighted by atomic mass is 9.92. The molecule has 202 valence electrons. The number of hydrogen-bond donors (Lipinski definition) is 0. The van der Waals surface area contributed by atoms with Gasteiger partial charge in [-0.05, 0) is 63.8 Å². The normalized spacial score (nSPS) is 11.8. The lowest BCUT2D eigenvalue weighted by Crippen LogP contribution is -1.98. The van der Waals surface area contributed by atoms with E-state index in [4.69, 9.17) is 21.0 Å². The van der Waals surface area contributed by atoms with Crippen LogP contribution in [0.4, 0.5) is 0 Å². The second-order valence-corrected chi connectivity index (χ2v) is 11.9.